The fourth-order valence-corrected chi connectivity index (χ4v) is 4.40. The Morgan fingerprint density at radius 2 is 1.67 bits per heavy atom. The molecule has 0 saturated heterocycles. The van der Waals surface area contributed by atoms with Gasteiger partial charge < -0.3 is 15.2 Å². The maximum Gasteiger partial charge on any atom is 0.240 e. The van der Waals surface area contributed by atoms with Crippen molar-refractivity contribution >= 4 is 10.0 Å². The minimum Gasteiger partial charge on any atom is -0.490 e. The smallest absolute Gasteiger partial charge is 0.240 e. The van der Waals surface area contributed by atoms with E-state index in [0.717, 1.165) is 32.1 Å². The second kappa shape index (κ2) is 7.29. The van der Waals surface area contributed by atoms with E-state index >= 15 is 0 Å². The molecule has 0 spiro atoms. The van der Waals surface area contributed by atoms with E-state index in [4.69, 9.17) is 15.2 Å². The number of rotatable bonds is 4. The van der Waals surface area contributed by atoms with Crippen LogP contribution in [0, 0.1) is 0 Å². The monoisotopic (exact) mass is 354 g/mol. The van der Waals surface area contributed by atoms with Crippen LogP contribution < -0.4 is 19.9 Å². The van der Waals surface area contributed by atoms with Gasteiger partial charge in [0, 0.05) is 24.6 Å². The summed E-state index contributed by atoms with van der Waals surface area (Å²) < 4.78 is 39.0. The van der Waals surface area contributed by atoms with E-state index in [1.807, 2.05) is 0 Å². The molecular weight excluding hydrogens is 328 g/mol. The number of ether oxygens (including phenoxy) is 2. The van der Waals surface area contributed by atoms with Gasteiger partial charge in [-0.15, -0.1) is 0 Å². The molecule has 0 radical (unpaired) electrons. The molecule has 0 atom stereocenters. The molecule has 3 rings (SSSR count). The van der Waals surface area contributed by atoms with Crippen LogP contribution in [0.3, 0.4) is 0 Å². The Kier molecular flexibility index (Phi) is 5.32. The summed E-state index contributed by atoms with van der Waals surface area (Å²) in [7, 11) is -3.62. The van der Waals surface area contributed by atoms with E-state index in [2.05, 4.69) is 4.72 Å². The van der Waals surface area contributed by atoms with Crippen molar-refractivity contribution in [2.24, 2.45) is 5.73 Å². The van der Waals surface area contributed by atoms with Gasteiger partial charge >= 0.3 is 0 Å². The van der Waals surface area contributed by atoms with Gasteiger partial charge in [-0.25, -0.2) is 13.1 Å². The number of benzene rings is 1. The third-order valence-electron chi connectivity index (χ3n) is 4.74. The zero-order chi connectivity index (χ0) is 17.0. The molecule has 24 heavy (non-hydrogen) atoms. The summed E-state index contributed by atoms with van der Waals surface area (Å²) in [5.74, 6) is 1.07. The minimum absolute atomic E-state index is 0.184. The molecule has 7 heteroatoms. The molecule has 1 aromatic rings. The Morgan fingerprint density at radius 1 is 1.00 bits per heavy atom. The zero-order valence-electron chi connectivity index (χ0n) is 13.9. The van der Waals surface area contributed by atoms with Crippen molar-refractivity contribution in [2.45, 2.75) is 55.4 Å². The highest BCUT2D eigenvalue weighted by Gasteiger charge is 2.28. The van der Waals surface area contributed by atoms with Crippen molar-refractivity contribution in [1.29, 1.82) is 0 Å². The Hall–Kier alpha value is -1.31. The lowest BCUT2D eigenvalue weighted by Crippen LogP contribution is -2.49. The third-order valence-corrected chi connectivity index (χ3v) is 6.14. The van der Waals surface area contributed by atoms with Crippen LogP contribution in [0.5, 0.6) is 11.5 Å². The number of fused-ring (bicyclic) bond motifs is 1. The van der Waals surface area contributed by atoms with Crippen molar-refractivity contribution in [1.82, 2.24) is 4.72 Å². The van der Waals surface area contributed by atoms with E-state index in [0.29, 0.717) is 24.7 Å². The van der Waals surface area contributed by atoms with Crippen LogP contribution in [-0.4, -0.2) is 33.7 Å². The van der Waals surface area contributed by atoms with Gasteiger partial charge in [-0.2, -0.15) is 0 Å². The van der Waals surface area contributed by atoms with E-state index in [1.54, 1.807) is 12.1 Å². The number of sulfonamides is 1. The summed E-state index contributed by atoms with van der Waals surface area (Å²) in [6.07, 6.45) is 6.96. The Bertz CT molecular complexity index is 667. The van der Waals surface area contributed by atoms with Crippen LogP contribution in [0.1, 0.15) is 44.9 Å². The van der Waals surface area contributed by atoms with Gasteiger partial charge in [-0.05, 0) is 25.0 Å². The van der Waals surface area contributed by atoms with Crippen LogP contribution in [0.25, 0.3) is 0 Å². The molecule has 0 bridgehead atoms. The largest absolute Gasteiger partial charge is 0.490 e. The standard InChI is InChI=1S/C17H26N2O4S/c18-17(8-3-1-2-4-9-17)13-19-24(20,21)14-6-7-15-16(12-14)23-11-5-10-22-15/h6-7,12,19H,1-5,8-11,13,18H2. The molecule has 2 aliphatic rings. The average molecular weight is 354 g/mol. The van der Waals surface area contributed by atoms with Crippen LogP contribution in [0.2, 0.25) is 0 Å². The quantitative estimate of drug-likeness (QED) is 0.809. The minimum atomic E-state index is -3.62. The summed E-state index contributed by atoms with van der Waals surface area (Å²) in [5.41, 5.74) is 5.95. The highest BCUT2D eigenvalue weighted by Crippen LogP contribution is 2.32. The molecule has 1 aliphatic heterocycles. The molecular formula is C17H26N2O4S. The lowest BCUT2D eigenvalue weighted by Gasteiger charge is -2.28. The molecule has 0 aromatic heterocycles. The van der Waals surface area contributed by atoms with Crippen LogP contribution in [-0.2, 0) is 10.0 Å². The average Bonchev–Trinajstić information content (AvgIpc) is 2.93. The normalized spacial score (nSPS) is 20.9. The molecule has 1 fully saturated rings. The maximum atomic E-state index is 12.6. The van der Waals surface area contributed by atoms with Gasteiger partial charge in [0.15, 0.2) is 11.5 Å². The topological polar surface area (TPSA) is 90.7 Å². The van der Waals surface area contributed by atoms with Crippen molar-refractivity contribution in [3.8, 4) is 11.5 Å². The summed E-state index contributed by atoms with van der Waals surface area (Å²) >= 11 is 0. The predicted molar refractivity (Wildman–Crippen MR) is 91.9 cm³/mol. The highest BCUT2D eigenvalue weighted by molar-refractivity contribution is 7.89. The van der Waals surface area contributed by atoms with Gasteiger partial charge in [-0.1, -0.05) is 25.7 Å². The molecule has 0 amide bonds. The van der Waals surface area contributed by atoms with Gasteiger partial charge in [0.25, 0.3) is 0 Å². The fraction of sp³-hybridized carbons (Fsp3) is 0.647. The van der Waals surface area contributed by atoms with E-state index in [-0.39, 0.29) is 11.4 Å². The van der Waals surface area contributed by atoms with Crippen LogP contribution in [0.15, 0.2) is 23.1 Å². The Labute approximate surface area is 143 Å². The van der Waals surface area contributed by atoms with Gasteiger partial charge in [0.05, 0.1) is 18.1 Å². The molecule has 3 N–H and O–H groups in total. The van der Waals surface area contributed by atoms with Crippen molar-refractivity contribution < 1.29 is 17.9 Å². The summed E-state index contributed by atoms with van der Waals surface area (Å²) in [6, 6.07) is 4.73. The number of nitrogens with one attached hydrogen (secondary N) is 1. The number of hydrogen-bond donors (Lipinski definition) is 2. The van der Waals surface area contributed by atoms with E-state index < -0.39 is 15.6 Å². The van der Waals surface area contributed by atoms with E-state index in [1.165, 1.54) is 18.9 Å². The fourth-order valence-electron chi connectivity index (χ4n) is 3.24. The molecule has 134 valence electrons. The Balaban J connectivity index is 1.72. The van der Waals surface area contributed by atoms with Crippen molar-refractivity contribution in [2.75, 3.05) is 19.8 Å². The maximum absolute atomic E-state index is 12.6. The number of hydrogen-bond acceptors (Lipinski definition) is 5. The first-order valence-corrected chi connectivity index (χ1v) is 10.2. The summed E-state index contributed by atoms with van der Waals surface area (Å²) in [4.78, 5) is 0.184. The lowest BCUT2D eigenvalue weighted by atomic mass is 9.92. The molecule has 1 heterocycles. The molecule has 6 nitrogen and oxygen atoms in total. The zero-order valence-corrected chi connectivity index (χ0v) is 14.7. The number of nitrogens with two attached hydrogens (primary N) is 1. The van der Waals surface area contributed by atoms with Crippen LogP contribution >= 0.6 is 0 Å². The highest BCUT2D eigenvalue weighted by atomic mass is 32.2. The SMILES string of the molecule is NC1(CNS(=O)(=O)c2ccc3c(c2)OCCCO3)CCCCCC1. The molecule has 1 aromatic carbocycles. The van der Waals surface area contributed by atoms with Gasteiger partial charge in [-0.3, -0.25) is 0 Å². The summed E-state index contributed by atoms with van der Waals surface area (Å²) in [5, 5.41) is 0. The second-order valence-electron chi connectivity index (χ2n) is 6.76. The van der Waals surface area contributed by atoms with Crippen molar-refractivity contribution in [3.63, 3.8) is 0 Å². The van der Waals surface area contributed by atoms with Gasteiger partial charge in [0.2, 0.25) is 10.0 Å². The molecule has 0 unspecified atom stereocenters. The molecule has 1 aliphatic carbocycles. The third kappa shape index (κ3) is 4.20. The predicted octanol–water partition coefficient (Wildman–Crippen LogP) is 2.18. The van der Waals surface area contributed by atoms with Crippen LogP contribution in [0.4, 0.5) is 0 Å². The van der Waals surface area contributed by atoms with Crippen molar-refractivity contribution in [3.05, 3.63) is 18.2 Å². The first-order chi connectivity index (χ1) is 11.5. The van der Waals surface area contributed by atoms with Gasteiger partial charge in [0.1, 0.15) is 0 Å². The Morgan fingerprint density at radius 3 is 2.38 bits per heavy atom. The second-order valence-corrected chi connectivity index (χ2v) is 8.53. The summed E-state index contributed by atoms with van der Waals surface area (Å²) in [6.45, 7) is 1.37. The molecule has 1 saturated carbocycles. The lowest BCUT2D eigenvalue weighted by molar-refractivity contribution is 0.297. The first-order valence-electron chi connectivity index (χ1n) is 8.67. The van der Waals surface area contributed by atoms with E-state index in [9.17, 15) is 8.42 Å². The first kappa shape index (κ1) is 17.5.